The zero-order valence-corrected chi connectivity index (χ0v) is 15.6. The Labute approximate surface area is 166 Å². The van der Waals surface area contributed by atoms with Gasteiger partial charge < -0.3 is 10.6 Å². The van der Waals surface area contributed by atoms with Crippen molar-refractivity contribution in [3.63, 3.8) is 0 Å². The van der Waals surface area contributed by atoms with Crippen molar-refractivity contribution in [3.8, 4) is 0 Å². The summed E-state index contributed by atoms with van der Waals surface area (Å²) in [6, 6.07) is 11.1. The molecule has 0 atom stereocenters. The van der Waals surface area contributed by atoms with E-state index >= 15 is 0 Å². The van der Waals surface area contributed by atoms with Crippen LogP contribution in [0.3, 0.4) is 0 Å². The van der Waals surface area contributed by atoms with Gasteiger partial charge in [-0.05, 0) is 29.8 Å². The third-order valence-electron chi connectivity index (χ3n) is 4.75. The maximum absolute atomic E-state index is 12.7. The molecule has 29 heavy (non-hydrogen) atoms. The van der Waals surface area contributed by atoms with Gasteiger partial charge in [-0.25, -0.2) is 4.98 Å². The molecule has 0 amide bonds. The number of halogens is 3. The highest BCUT2D eigenvalue weighted by atomic mass is 19.4. The van der Waals surface area contributed by atoms with Gasteiger partial charge in [0.15, 0.2) is 0 Å². The van der Waals surface area contributed by atoms with Crippen LogP contribution in [0.2, 0.25) is 0 Å². The maximum atomic E-state index is 12.7. The number of benzene rings is 1. The molecule has 1 aliphatic rings. The topological polar surface area (TPSA) is 53.1 Å². The number of alkyl halides is 3. The van der Waals surface area contributed by atoms with E-state index in [0.717, 1.165) is 53.5 Å². The average Bonchev–Trinajstić information content (AvgIpc) is 2.90. The molecule has 2 N–H and O–H groups in total. The summed E-state index contributed by atoms with van der Waals surface area (Å²) in [6.45, 7) is 2.77. The number of rotatable bonds is 4. The van der Waals surface area contributed by atoms with E-state index in [9.17, 15) is 13.2 Å². The second kappa shape index (κ2) is 8.08. The minimum Gasteiger partial charge on any atom is -0.383 e. The molecule has 3 heterocycles. The van der Waals surface area contributed by atoms with Gasteiger partial charge in [-0.2, -0.15) is 13.2 Å². The molecule has 0 saturated carbocycles. The third-order valence-corrected chi connectivity index (χ3v) is 4.75. The Morgan fingerprint density at radius 1 is 1.10 bits per heavy atom. The van der Waals surface area contributed by atoms with Gasteiger partial charge in [-0.3, -0.25) is 9.88 Å². The molecule has 1 aromatic carbocycles. The highest BCUT2D eigenvalue weighted by molar-refractivity contribution is 5.63. The first-order valence-electron chi connectivity index (χ1n) is 9.26. The number of nitrogens with zero attached hydrogens (tertiary/aromatic N) is 3. The second-order valence-electron chi connectivity index (χ2n) is 6.93. The fourth-order valence-electron chi connectivity index (χ4n) is 3.29. The monoisotopic (exact) mass is 399 g/mol. The summed E-state index contributed by atoms with van der Waals surface area (Å²) in [6.07, 6.45) is 0.957. The number of anilines is 3. The Balaban J connectivity index is 1.44. The quantitative estimate of drug-likeness (QED) is 0.668. The third kappa shape index (κ3) is 4.83. The van der Waals surface area contributed by atoms with E-state index in [0.29, 0.717) is 13.1 Å². The lowest BCUT2D eigenvalue weighted by molar-refractivity contribution is -0.137. The van der Waals surface area contributed by atoms with E-state index < -0.39 is 11.7 Å². The van der Waals surface area contributed by atoms with Crippen molar-refractivity contribution in [2.75, 3.05) is 23.7 Å². The lowest BCUT2D eigenvalue weighted by atomic mass is 10.1. The van der Waals surface area contributed by atoms with Crippen LogP contribution in [0.15, 0.2) is 61.1 Å². The SMILES string of the molecule is FC(F)(F)c1ccc(CN2CCNc3cc(Nc4cccnc4)ncc3C2)cc1. The standard InChI is InChI=1S/C21H20F3N5/c22-21(23,24)17-5-3-15(4-6-17)13-29-9-8-26-19-10-20(27-11-16(19)14-29)28-18-2-1-7-25-12-18/h1-7,10-12,26H,8-9,13-14H2,(H,27,28). The molecule has 5 nitrogen and oxygen atoms in total. The molecule has 8 heteroatoms. The Morgan fingerprint density at radius 3 is 2.66 bits per heavy atom. The molecule has 2 aromatic heterocycles. The molecular weight excluding hydrogens is 379 g/mol. The van der Waals surface area contributed by atoms with Crippen molar-refractivity contribution in [1.29, 1.82) is 0 Å². The molecule has 0 fully saturated rings. The Hall–Kier alpha value is -3.13. The predicted molar refractivity (Wildman–Crippen MR) is 106 cm³/mol. The van der Waals surface area contributed by atoms with E-state index in [1.54, 1.807) is 24.5 Å². The molecule has 0 spiro atoms. The van der Waals surface area contributed by atoms with Gasteiger partial charge in [-0.1, -0.05) is 12.1 Å². The van der Waals surface area contributed by atoms with Crippen LogP contribution in [0.25, 0.3) is 0 Å². The van der Waals surface area contributed by atoms with Crippen LogP contribution in [0, 0.1) is 0 Å². The van der Waals surface area contributed by atoms with Crippen LogP contribution >= 0.6 is 0 Å². The molecular formula is C21H20F3N5. The van der Waals surface area contributed by atoms with E-state index in [4.69, 9.17) is 0 Å². The first-order valence-corrected chi connectivity index (χ1v) is 9.26. The van der Waals surface area contributed by atoms with Crippen LogP contribution < -0.4 is 10.6 Å². The molecule has 1 aliphatic heterocycles. The van der Waals surface area contributed by atoms with Crippen molar-refractivity contribution in [3.05, 3.63) is 77.7 Å². The Bertz CT molecular complexity index is 958. The highest BCUT2D eigenvalue weighted by Crippen LogP contribution is 2.30. The van der Waals surface area contributed by atoms with Crippen molar-refractivity contribution in [2.45, 2.75) is 19.3 Å². The van der Waals surface area contributed by atoms with Gasteiger partial charge >= 0.3 is 6.18 Å². The van der Waals surface area contributed by atoms with Crippen LogP contribution in [0.1, 0.15) is 16.7 Å². The summed E-state index contributed by atoms with van der Waals surface area (Å²) >= 11 is 0. The highest BCUT2D eigenvalue weighted by Gasteiger charge is 2.30. The van der Waals surface area contributed by atoms with Gasteiger partial charge in [0.25, 0.3) is 0 Å². The van der Waals surface area contributed by atoms with Gasteiger partial charge in [0.1, 0.15) is 5.82 Å². The molecule has 4 rings (SSSR count). The lowest BCUT2D eigenvalue weighted by Gasteiger charge is -2.20. The summed E-state index contributed by atoms with van der Waals surface area (Å²) in [5.74, 6) is 0.723. The predicted octanol–water partition coefficient (Wildman–Crippen LogP) is 4.67. The van der Waals surface area contributed by atoms with Crippen LogP contribution in [-0.2, 0) is 19.3 Å². The minimum atomic E-state index is -4.31. The van der Waals surface area contributed by atoms with E-state index in [-0.39, 0.29) is 0 Å². The summed E-state index contributed by atoms with van der Waals surface area (Å²) in [5.41, 5.74) is 3.14. The number of hydrogen-bond donors (Lipinski definition) is 2. The molecule has 3 aromatic rings. The summed E-state index contributed by atoms with van der Waals surface area (Å²) in [5, 5.41) is 6.63. The zero-order chi connectivity index (χ0) is 20.3. The Kier molecular flexibility index (Phi) is 5.35. The van der Waals surface area contributed by atoms with Crippen molar-refractivity contribution >= 4 is 17.2 Å². The fraction of sp³-hybridized carbons (Fsp3) is 0.238. The van der Waals surface area contributed by atoms with Gasteiger partial charge in [0, 0.05) is 55.9 Å². The van der Waals surface area contributed by atoms with E-state index in [1.165, 1.54) is 0 Å². The molecule has 0 saturated heterocycles. The number of aromatic nitrogens is 2. The lowest BCUT2D eigenvalue weighted by Crippen LogP contribution is -2.25. The Morgan fingerprint density at radius 2 is 1.93 bits per heavy atom. The number of fused-ring (bicyclic) bond motifs is 1. The first-order chi connectivity index (χ1) is 14.0. The average molecular weight is 399 g/mol. The van der Waals surface area contributed by atoms with Gasteiger partial charge in [0.05, 0.1) is 17.4 Å². The minimum absolute atomic E-state index is 0.578. The molecule has 150 valence electrons. The molecule has 0 bridgehead atoms. The van der Waals surface area contributed by atoms with E-state index in [2.05, 4.69) is 25.5 Å². The van der Waals surface area contributed by atoms with Crippen molar-refractivity contribution in [1.82, 2.24) is 14.9 Å². The first kappa shape index (κ1) is 19.2. The van der Waals surface area contributed by atoms with Crippen molar-refractivity contribution < 1.29 is 13.2 Å². The normalized spacial score (nSPS) is 14.6. The molecule has 0 aliphatic carbocycles. The summed E-state index contributed by atoms with van der Waals surface area (Å²) in [4.78, 5) is 10.7. The van der Waals surface area contributed by atoms with Crippen LogP contribution in [0.4, 0.5) is 30.4 Å². The smallest absolute Gasteiger partial charge is 0.383 e. The zero-order valence-electron chi connectivity index (χ0n) is 15.6. The van der Waals surface area contributed by atoms with Crippen molar-refractivity contribution in [2.24, 2.45) is 0 Å². The second-order valence-corrected chi connectivity index (χ2v) is 6.93. The maximum Gasteiger partial charge on any atom is 0.416 e. The molecule has 0 radical (unpaired) electrons. The van der Waals surface area contributed by atoms with Gasteiger partial charge in [-0.15, -0.1) is 0 Å². The largest absolute Gasteiger partial charge is 0.416 e. The summed E-state index contributed by atoms with van der Waals surface area (Å²) < 4.78 is 38.2. The van der Waals surface area contributed by atoms with E-state index in [1.807, 2.05) is 24.4 Å². The number of pyridine rings is 2. The van der Waals surface area contributed by atoms with Gasteiger partial charge in [0.2, 0.25) is 0 Å². The fourth-order valence-corrected chi connectivity index (χ4v) is 3.29. The molecule has 0 unspecified atom stereocenters. The summed E-state index contributed by atoms with van der Waals surface area (Å²) in [7, 11) is 0. The van der Waals surface area contributed by atoms with Crippen LogP contribution in [-0.4, -0.2) is 28.0 Å². The number of hydrogen-bond acceptors (Lipinski definition) is 5. The number of nitrogens with one attached hydrogen (secondary N) is 2. The van der Waals surface area contributed by atoms with Crippen LogP contribution in [0.5, 0.6) is 0 Å².